The van der Waals surface area contributed by atoms with Gasteiger partial charge >= 0.3 is 11.9 Å². The van der Waals surface area contributed by atoms with Gasteiger partial charge < -0.3 is 9.84 Å². The third kappa shape index (κ3) is 14.9. The molecule has 0 saturated heterocycles. The molecule has 17 heavy (non-hydrogen) atoms. The summed E-state index contributed by atoms with van der Waals surface area (Å²) in [6.45, 7) is 7.37. The van der Waals surface area contributed by atoms with E-state index in [1.807, 2.05) is 20.8 Å². The first-order valence-electron chi connectivity index (χ1n) is 6.18. The Bertz CT molecular complexity index is 212. The Labute approximate surface area is 105 Å². The van der Waals surface area contributed by atoms with Crippen LogP contribution in [-0.4, -0.2) is 31.3 Å². The molecule has 0 aromatic carbocycles. The molecule has 0 heterocycles. The predicted molar refractivity (Wildman–Crippen MR) is 65.6 cm³/mol. The molecule has 0 unspecified atom stereocenters. The van der Waals surface area contributed by atoms with Gasteiger partial charge in [-0.1, -0.05) is 27.7 Å². The number of rotatable bonds is 4. The van der Waals surface area contributed by atoms with Gasteiger partial charge in [-0.2, -0.15) is 0 Å². The molecule has 0 aromatic rings. The predicted octanol–water partition coefficient (Wildman–Crippen LogP) is 2.91. The lowest BCUT2D eigenvalue weighted by Gasteiger charge is -2.02. The maximum atomic E-state index is 10.5. The van der Waals surface area contributed by atoms with Gasteiger partial charge in [-0.15, -0.1) is 0 Å². The Balaban J connectivity index is -0.000000207. The molecule has 2 atom stereocenters. The van der Waals surface area contributed by atoms with E-state index in [4.69, 9.17) is 6.48 Å². The molecule has 0 saturated carbocycles. The van der Waals surface area contributed by atoms with Crippen molar-refractivity contribution in [1.29, 1.82) is 0 Å². The minimum atomic E-state index is -1.00. The van der Waals surface area contributed by atoms with E-state index in [9.17, 15) is 14.0 Å². The summed E-state index contributed by atoms with van der Waals surface area (Å²) < 4.78 is 20.0. The third-order valence-electron chi connectivity index (χ3n) is 2.25. The fraction of sp³-hybridized carbons (Fsp3) is 0.833. The SMILES string of the molecule is CC[C@H](C)C(=O)O.CC[C@H](C)C(=O)OC.[2H]CF. The largest absolute Gasteiger partial charge is 0.481 e. The normalized spacial score (nSPS) is 12.7. The smallest absolute Gasteiger partial charge is 0.308 e. The number of carbonyl (C=O) groups is 2. The maximum Gasteiger partial charge on any atom is 0.308 e. The summed E-state index contributed by atoms with van der Waals surface area (Å²) >= 11 is 0. The number of methoxy groups -OCH3 is 1. The second-order valence-corrected chi connectivity index (χ2v) is 3.48. The highest BCUT2D eigenvalue weighted by Gasteiger charge is 2.08. The first-order chi connectivity index (χ1) is 8.31. The lowest BCUT2D eigenvalue weighted by Crippen LogP contribution is -2.10. The summed E-state index contributed by atoms with van der Waals surface area (Å²) in [6.07, 6.45) is 1.57. The number of hydrogen-bond acceptors (Lipinski definition) is 3. The molecule has 5 heteroatoms. The van der Waals surface area contributed by atoms with Crippen molar-refractivity contribution in [2.45, 2.75) is 40.5 Å². The molecule has 0 fully saturated rings. The first kappa shape index (κ1) is 18.2. The van der Waals surface area contributed by atoms with Crippen molar-refractivity contribution in [2.75, 3.05) is 14.3 Å². The van der Waals surface area contributed by atoms with Gasteiger partial charge in [0.05, 0.1) is 27.5 Å². The maximum absolute atomic E-state index is 10.5. The van der Waals surface area contributed by atoms with Gasteiger partial charge in [-0.3, -0.25) is 14.0 Å². The van der Waals surface area contributed by atoms with E-state index in [0.29, 0.717) is 0 Å². The molecule has 0 aliphatic rings. The van der Waals surface area contributed by atoms with Crippen LogP contribution < -0.4 is 0 Å². The number of carbonyl (C=O) groups excluding carboxylic acids is 1. The highest BCUT2D eigenvalue weighted by atomic mass is 19.1. The summed E-state index contributed by atoms with van der Waals surface area (Å²) in [7, 11) is 0.411. The van der Waals surface area contributed by atoms with Crippen molar-refractivity contribution < 1.29 is 25.2 Å². The molecule has 0 amide bonds. The van der Waals surface area contributed by atoms with Crippen molar-refractivity contribution in [3.63, 3.8) is 0 Å². The Kier molecular flexibility index (Phi) is 16.0. The molecular weight excluding hydrogens is 227 g/mol. The number of esters is 1. The summed E-state index contributed by atoms with van der Waals surface area (Å²) in [4.78, 5) is 20.5. The van der Waals surface area contributed by atoms with Crippen molar-refractivity contribution in [1.82, 2.24) is 0 Å². The fourth-order valence-electron chi connectivity index (χ4n) is 0.542. The van der Waals surface area contributed by atoms with Crippen LogP contribution in [0.5, 0.6) is 0 Å². The van der Waals surface area contributed by atoms with Gasteiger partial charge in [-0.05, 0) is 12.8 Å². The van der Waals surface area contributed by atoms with E-state index in [1.54, 1.807) is 6.92 Å². The van der Waals surface area contributed by atoms with Crippen LogP contribution >= 0.6 is 0 Å². The highest BCUT2D eigenvalue weighted by molar-refractivity contribution is 5.71. The molecule has 0 aliphatic heterocycles. The molecule has 0 aliphatic carbocycles. The number of hydrogen-bond donors (Lipinski definition) is 1. The van der Waals surface area contributed by atoms with Crippen LogP contribution in [0.1, 0.15) is 41.9 Å². The average Bonchev–Trinajstić information content (AvgIpc) is 2.37. The topological polar surface area (TPSA) is 63.6 Å². The third-order valence-corrected chi connectivity index (χ3v) is 2.25. The minimum absolute atomic E-state index is 0.0556. The molecule has 1 N–H and O–H groups in total. The quantitative estimate of drug-likeness (QED) is 0.782. The second kappa shape index (κ2) is 14.9. The van der Waals surface area contributed by atoms with Crippen LogP contribution in [0.15, 0.2) is 0 Å². The van der Waals surface area contributed by atoms with Gasteiger partial charge in [0.1, 0.15) is 0 Å². The van der Waals surface area contributed by atoms with E-state index in [-0.39, 0.29) is 17.8 Å². The Hall–Kier alpha value is -1.13. The first-order valence-corrected chi connectivity index (χ1v) is 5.47. The summed E-state index contributed by atoms with van der Waals surface area (Å²) in [5, 5.41) is 8.18. The van der Waals surface area contributed by atoms with Crippen molar-refractivity contribution in [3.8, 4) is 0 Å². The Morgan fingerprint density at radius 2 is 1.65 bits per heavy atom. The number of ether oxygens (including phenoxy) is 1. The second-order valence-electron chi connectivity index (χ2n) is 3.48. The van der Waals surface area contributed by atoms with Crippen LogP contribution in [0.3, 0.4) is 0 Å². The van der Waals surface area contributed by atoms with Gasteiger partial charge in [0.2, 0.25) is 0 Å². The standard InChI is InChI=1S/C6H12O2.C5H10O2.CH3F/c1-4-5(2)6(7)8-3;1-3-4(2)5(6)7;1-2/h5H,4H2,1-3H3;4H,3H2,1-2H3,(H,6,7);1H3/t5-;4-;/m00./s1/i;;1D. The number of alkyl halides is 1. The van der Waals surface area contributed by atoms with Gasteiger partial charge in [0, 0.05) is 0 Å². The molecule has 0 bridgehead atoms. The highest BCUT2D eigenvalue weighted by Crippen LogP contribution is 2.00. The Morgan fingerprint density at radius 3 is 1.71 bits per heavy atom. The molecule has 0 aromatic heterocycles. The van der Waals surface area contributed by atoms with Crippen molar-refractivity contribution >= 4 is 11.9 Å². The summed E-state index contributed by atoms with van der Waals surface area (Å²) in [6, 6.07) is 0. The molecule has 0 radical (unpaired) electrons. The van der Waals surface area contributed by atoms with Gasteiger partial charge in [0.15, 0.2) is 0 Å². The van der Waals surface area contributed by atoms with Crippen LogP contribution in [0.25, 0.3) is 0 Å². The summed E-state index contributed by atoms with van der Waals surface area (Å²) in [5.74, 6) is -0.949. The number of carboxylic acid groups (broad SMARTS) is 1. The zero-order valence-corrected chi connectivity index (χ0v) is 11.3. The van der Waals surface area contributed by atoms with Crippen molar-refractivity contribution in [3.05, 3.63) is 0 Å². The van der Waals surface area contributed by atoms with Crippen LogP contribution in [-0.2, 0) is 14.3 Å². The lowest BCUT2D eigenvalue weighted by atomic mass is 10.1. The average molecular weight is 253 g/mol. The van der Waals surface area contributed by atoms with E-state index in [0.717, 1.165) is 12.8 Å². The minimum Gasteiger partial charge on any atom is -0.481 e. The van der Waals surface area contributed by atoms with Crippen LogP contribution in [0.4, 0.5) is 4.39 Å². The van der Waals surface area contributed by atoms with Crippen LogP contribution in [0.2, 0.25) is 0 Å². The summed E-state index contributed by atoms with van der Waals surface area (Å²) in [5.41, 5.74) is 0. The van der Waals surface area contributed by atoms with Gasteiger partial charge in [0.25, 0.3) is 0 Å². The van der Waals surface area contributed by atoms with E-state index in [2.05, 4.69) is 4.74 Å². The fourth-order valence-corrected chi connectivity index (χ4v) is 0.542. The van der Waals surface area contributed by atoms with Gasteiger partial charge in [-0.25, -0.2) is 0 Å². The van der Waals surface area contributed by atoms with E-state index in [1.165, 1.54) is 7.11 Å². The Morgan fingerprint density at radius 1 is 1.29 bits per heavy atom. The monoisotopic (exact) mass is 253 g/mol. The van der Waals surface area contributed by atoms with E-state index >= 15 is 0 Å². The van der Waals surface area contributed by atoms with E-state index < -0.39 is 13.1 Å². The molecule has 104 valence electrons. The number of carboxylic acids is 1. The molecule has 0 rings (SSSR count). The molecular formula is C12H25FO4. The molecule has 4 nitrogen and oxygen atoms in total. The van der Waals surface area contributed by atoms with Crippen molar-refractivity contribution in [2.24, 2.45) is 11.8 Å². The number of halogens is 1. The lowest BCUT2D eigenvalue weighted by molar-refractivity contribution is -0.145. The number of aliphatic carboxylic acids is 1. The zero-order chi connectivity index (χ0) is 15.1. The zero-order valence-electron chi connectivity index (χ0n) is 12.3. The molecule has 0 spiro atoms. The van der Waals surface area contributed by atoms with Crippen LogP contribution in [0, 0.1) is 11.8 Å².